The van der Waals surface area contributed by atoms with Gasteiger partial charge in [0, 0.05) is 23.6 Å². The first-order chi connectivity index (χ1) is 6.93. The van der Waals surface area contributed by atoms with E-state index in [2.05, 4.69) is 59.9 Å². The van der Waals surface area contributed by atoms with Gasteiger partial charge in [-0.15, -0.1) is 0 Å². The molecule has 0 aliphatic carbocycles. The summed E-state index contributed by atoms with van der Waals surface area (Å²) >= 11 is 3.59. The normalized spacial score (nSPS) is 13.0. The molecule has 1 aromatic rings. The van der Waals surface area contributed by atoms with Crippen LogP contribution in [-0.2, 0) is 0 Å². The first-order valence-electron chi connectivity index (χ1n) is 5.21. The number of nitrogens with zero attached hydrogens (tertiary/aromatic N) is 1. The molecular formula is C12H19BrN2. The van der Waals surface area contributed by atoms with Crippen LogP contribution >= 0.6 is 15.9 Å². The van der Waals surface area contributed by atoms with Crippen molar-refractivity contribution in [3.05, 3.63) is 28.2 Å². The molecule has 2 N–H and O–H groups in total. The molecule has 2 nitrogen and oxygen atoms in total. The Hall–Kier alpha value is -0.540. The lowest BCUT2D eigenvalue weighted by Crippen LogP contribution is -2.26. The molecule has 0 heterocycles. The lowest BCUT2D eigenvalue weighted by atomic mass is 10.1. The van der Waals surface area contributed by atoms with Crippen molar-refractivity contribution < 1.29 is 0 Å². The highest BCUT2D eigenvalue weighted by Gasteiger charge is 2.10. The zero-order valence-electron chi connectivity index (χ0n) is 9.79. The third-order valence-electron chi connectivity index (χ3n) is 2.65. The molecule has 0 unspecified atom stereocenters. The van der Waals surface area contributed by atoms with Crippen LogP contribution in [0.2, 0.25) is 0 Å². The molecular weight excluding hydrogens is 252 g/mol. The Balaban J connectivity index is 3.03. The number of hydrogen-bond donors (Lipinski definition) is 1. The summed E-state index contributed by atoms with van der Waals surface area (Å²) in [4.78, 5) is 2.23. The molecule has 0 amide bonds. The third kappa shape index (κ3) is 2.95. The van der Waals surface area contributed by atoms with Gasteiger partial charge in [-0.2, -0.15) is 0 Å². The van der Waals surface area contributed by atoms with E-state index in [0.29, 0.717) is 6.04 Å². The van der Waals surface area contributed by atoms with Crippen molar-refractivity contribution in [2.45, 2.75) is 32.9 Å². The van der Waals surface area contributed by atoms with Crippen molar-refractivity contribution in [1.29, 1.82) is 0 Å². The molecule has 84 valence electrons. The van der Waals surface area contributed by atoms with Crippen LogP contribution in [0.15, 0.2) is 22.7 Å². The molecule has 1 atom stereocenters. The van der Waals surface area contributed by atoms with Gasteiger partial charge in [-0.1, -0.05) is 6.07 Å². The van der Waals surface area contributed by atoms with Gasteiger partial charge >= 0.3 is 0 Å². The third-order valence-corrected chi connectivity index (χ3v) is 3.29. The Bertz CT molecular complexity index is 334. The van der Waals surface area contributed by atoms with E-state index in [4.69, 9.17) is 5.73 Å². The van der Waals surface area contributed by atoms with Crippen LogP contribution in [0.4, 0.5) is 5.69 Å². The Kier molecular flexibility index (Phi) is 4.17. The van der Waals surface area contributed by atoms with Crippen LogP contribution in [0.5, 0.6) is 0 Å². The zero-order valence-corrected chi connectivity index (χ0v) is 11.4. The summed E-state index contributed by atoms with van der Waals surface area (Å²) in [6.45, 7) is 6.34. The van der Waals surface area contributed by atoms with E-state index in [1.807, 2.05) is 6.92 Å². The van der Waals surface area contributed by atoms with E-state index in [0.717, 1.165) is 10.0 Å². The molecule has 0 bridgehead atoms. The van der Waals surface area contributed by atoms with Crippen LogP contribution in [0.3, 0.4) is 0 Å². The topological polar surface area (TPSA) is 29.3 Å². The van der Waals surface area contributed by atoms with Crippen LogP contribution in [0.1, 0.15) is 32.4 Å². The molecule has 0 aliphatic heterocycles. The maximum Gasteiger partial charge on any atom is 0.0510 e. The molecule has 0 saturated heterocycles. The van der Waals surface area contributed by atoms with Crippen LogP contribution in [-0.4, -0.2) is 13.1 Å². The van der Waals surface area contributed by atoms with Gasteiger partial charge in [-0.05, 0) is 54.4 Å². The molecule has 3 heteroatoms. The predicted molar refractivity (Wildman–Crippen MR) is 70.3 cm³/mol. The van der Waals surface area contributed by atoms with Gasteiger partial charge in [-0.3, -0.25) is 0 Å². The summed E-state index contributed by atoms with van der Waals surface area (Å²) in [6.07, 6.45) is 0. The Morgan fingerprint density at radius 2 is 1.87 bits per heavy atom. The quantitative estimate of drug-likeness (QED) is 0.913. The van der Waals surface area contributed by atoms with Crippen LogP contribution in [0, 0.1) is 0 Å². The summed E-state index contributed by atoms with van der Waals surface area (Å²) in [7, 11) is 2.09. The number of rotatable bonds is 3. The van der Waals surface area contributed by atoms with E-state index < -0.39 is 0 Å². The SMILES string of the molecule is CC(C)N(C)c1ccc([C@H](C)N)cc1Br. The Morgan fingerprint density at radius 3 is 2.27 bits per heavy atom. The zero-order chi connectivity index (χ0) is 11.6. The number of halogens is 1. The van der Waals surface area contributed by atoms with Gasteiger partial charge in [0.2, 0.25) is 0 Å². The van der Waals surface area contributed by atoms with E-state index in [9.17, 15) is 0 Å². The van der Waals surface area contributed by atoms with E-state index in [-0.39, 0.29) is 6.04 Å². The first kappa shape index (κ1) is 12.5. The van der Waals surface area contributed by atoms with Crippen molar-refractivity contribution >= 4 is 21.6 Å². The Labute approximate surface area is 101 Å². The number of nitrogens with two attached hydrogens (primary N) is 1. The minimum Gasteiger partial charge on any atom is -0.371 e. The van der Waals surface area contributed by atoms with Crippen molar-refractivity contribution in [3.8, 4) is 0 Å². The predicted octanol–water partition coefficient (Wildman–Crippen LogP) is 3.31. The molecule has 1 aromatic carbocycles. The molecule has 0 fully saturated rings. The highest BCUT2D eigenvalue weighted by Crippen LogP contribution is 2.29. The highest BCUT2D eigenvalue weighted by molar-refractivity contribution is 9.10. The van der Waals surface area contributed by atoms with Crippen molar-refractivity contribution in [2.75, 3.05) is 11.9 Å². The van der Waals surface area contributed by atoms with Gasteiger partial charge in [0.15, 0.2) is 0 Å². The Morgan fingerprint density at radius 1 is 1.27 bits per heavy atom. The second-order valence-electron chi connectivity index (χ2n) is 4.20. The summed E-state index contributed by atoms with van der Waals surface area (Å²) in [5.74, 6) is 0. The van der Waals surface area contributed by atoms with Crippen molar-refractivity contribution in [2.24, 2.45) is 5.73 Å². The smallest absolute Gasteiger partial charge is 0.0510 e. The molecule has 15 heavy (non-hydrogen) atoms. The second-order valence-corrected chi connectivity index (χ2v) is 5.06. The van der Waals surface area contributed by atoms with Gasteiger partial charge in [0.1, 0.15) is 0 Å². The lowest BCUT2D eigenvalue weighted by Gasteiger charge is -2.25. The van der Waals surface area contributed by atoms with Crippen molar-refractivity contribution in [3.63, 3.8) is 0 Å². The summed E-state index contributed by atoms with van der Waals surface area (Å²) in [5.41, 5.74) is 8.19. The monoisotopic (exact) mass is 270 g/mol. The van der Waals surface area contributed by atoms with E-state index >= 15 is 0 Å². The largest absolute Gasteiger partial charge is 0.371 e. The molecule has 1 rings (SSSR count). The number of hydrogen-bond acceptors (Lipinski definition) is 2. The van der Waals surface area contributed by atoms with Gasteiger partial charge < -0.3 is 10.6 Å². The van der Waals surface area contributed by atoms with E-state index in [1.54, 1.807) is 0 Å². The van der Waals surface area contributed by atoms with Crippen LogP contribution in [0.25, 0.3) is 0 Å². The summed E-state index contributed by atoms with van der Waals surface area (Å²) in [5, 5.41) is 0. The molecule has 0 aromatic heterocycles. The minimum atomic E-state index is 0.0831. The standard InChI is InChI=1S/C12H19BrN2/c1-8(2)15(4)12-6-5-10(9(3)14)7-11(12)13/h5-9H,14H2,1-4H3/t9-/m0/s1. The molecule has 0 saturated carbocycles. The highest BCUT2D eigenvalue weighted by atomic mass is 79.9. The molecule has 0 aliphatic rings. The number of anilines is 1. The van der Waals surface area contributed by atoms with Crippen LogP contribution < -0.4 is 10.6 Å². The van der Waals surface area contributed by atoms with Crippen molar-refractivity contribution in [1.82, 2.24) is 0 Å². The molecule has 0 spiro atoms. The molecule has 0 radical (unpaired) electrons. The van der Waals surface area contributed by atoms with Gasteiger partial charge in [0.05, 0.1) is 5.69 Å². The van der Waals surface area contributed by atoms with E-state index in [1.165, 1.54) is 5.69 Å². The fourth-order valence-corrected chi connectivity index (χ4v) is 2.05. The fraction of sp³-hybridized carbons (Fsp3) is 0.500. The van der Waals surface area contributed by atoms with Gasteiger partial charge in [0.25, 0.3) is 0 Å². The first-order valence-corrected chi connectivity index (χ1v) is 6.00. The summed E-state index contributed by atoms with van der Waals surface area (Å²) < 4.78 is 1.11. The summed E-state index contributed by atoms with van der Waals surface area (Å²) in [6, 6.07) is 6.87. The fourth-order valence-electron chi connectivity index (χ4n) is 1.37. The minimum absolute atomic E-state index is 0.0831. The second kappa shape index (κ2) is 4.99. The average molecular weight is 271 g/mol. The lowest BCUT2D eigenvalue weighted by molar-refractivity contribution is 0.751. The number of benzene rings is 1. The van der Waals surface area contributed by atoms with Gasteiger partial charge in [-0.25, -0.2) is 0 Å². The maximum atomic E-state index is 5.83. The average Bonchev–Trinajstić information content (AvgIpc) is 2.16. The maximum absolute atomic E-state index is 5.83.